The summed E-state index contributed by atoms with van der Waals surface area (Å²) < 4.78 is 5.04. The minimum atomic E-state index is 0.0733. The van der Waals surface area contributed by atoms with Gasteiger partial charge in [-0.2, -0.15) is 0 Å². The smallest absolute Gasteiger partial charge is 0.0639 e. The van der Waals surface area contributed by atoms with Crippen LogP contribution in [0.15, 0.2) is 0 Å². The minimum Gasteiger partial charge on any atom is -0.383 e. The lowest BCUT2D eigenvalue weighted by molar-refractivity contribution is 0.129. The molecule has 0 bridgehead atoms. The van der Waals surface area contributed by atoms with Crippen LogP contribution in [0.5, 0.6) is 0 Å². The van der Waals surface area contributed by atoms with E-state index in [4.69, 9.17) is 10.5 Å². The number of ether oxygens (including phenoxy) is 1. The number of rotatable bonds is 6. The maximum absolute atomic E-state index is 5.36. The van der Waals surface area contributed by atoms with Crippen LogP contribution in [0.2, 0.25) is 0 Å². The predicted molar refractivity (Wildman–Crippen MR) is 47.6 cm³/mol. The summed E-state index contributed by atoms with van der Waals surface area (Å²) in [6.45, 7) is 6.68. The van der Waals surface area contributed by atoms with Crippen LogP contribution >= 0.6 is 0 Å². The SMILES string of the molecule is COCC(C)(C)NCCCN. The summed E-state index contributed by atoms with van der Waals surface area (Å²) >= 11 is 0. The fourth-order valence-electron chi connectivity index (χ4n) is 0.941. The summed E-state index contributed by atoms with van der Waals surface area (Å²) in [5, 5.41) is 3.36. The Labute approximate surface area is 69.3 Å². The van der Waals surface area contributed by atoms with E-state index >= 15 is 0 Å². The van der Waals surface area contributed by atoms with Crippen LogP contribution in [-0.4, -0.2) is 32.3 Å². The molecule has 0 radical (unpaired) electrons. The van der Waals surface area contributed by atoms with Gasteiger partial charge in [0.2, 0.25) is 0 Å². The molecular formula is C8H20N2O. The van der Waals surface area contributed by atoms with Crippen LogP contribution in [-0.2, 0) is 4.74 Å². The lowest BCUT2D eigenvalue weighted by atomic mass is 10.1. The van der Waals surface area contributed by atoms with Crippen molar-refractivity contribution in [2.45, 2.75) is 25.8 Å². The molecule has 0 aromatic heterocycles. The summed E-state index contributed by atoms with van der Waals surface area (Å²) in [5.74, 6) is 0. The molecule has 0 aromatic carbocycles. The Morgan fingerprint density at radius 1 is 1.45 bits per heavy atom. The summed E-state index contributed by atoms with van der Waals surface area (Å²) in [5.41, 5.74) is 5.43. The molecule has 0 fully saturated rings. The molecule has 68 valence electrons. The van der Waals surface area contributed by atoms with Gasteiger partial charge in [-0.3, -0.25) is 0 Å². The molecule has 3 heteroatoms. The lowest BCUT2D eigenvalue weighted by Gasteiger charge is -2.25. The number of hydrogen-bond donors (Lipinski definition) is 2. The Kier molecular flexibility index (Phi) is 5.46. The number of nitrogens with one attached hydrogen (secondary N) is 1. The third-order valence-electron chi connectivity index (χ3n) is 1.49. The van der Waals surface area contributed by atoms with Crippen molar-refractivity contribution in [2.75, 3.05) is 26.8 Å². The molecule has 0 aromatic rings. The van der Waals surface area contributed by atoms with E-state index < -0.39 is 0 Å². The van der Waals surface area contributed by atoms with Gasteiger partial charge in [-0.15, -0.1) is 0 Å². The van der Waals surface area contributed by atoms with Crippen LogP contribution in [0.1, 0.15) is 20.3 Å². The molecule has 3 N–H and O–H groups in total. The van der Waals surface area contributed by atoms with Gasteiger partial charge in [-0.05, 0) is 33.4 Å². The second-order valence-electron chi connectivity index (χ2n) is 3.39. The molecule has 0 amide bonds. The van der Waals surface area contributed by atoms with E-state index in [1.807, 2.05) is 0 Å². The highest BCUT2D eigenvalue weighted by Gasteiger charge is 2.14. The molecule has 0 rings (SSSR count). The number of methoxy groups -OCH3 is 1. The van der Waals surface area contributed by atoms with Crippen LogP contribution in [0, 0.1) is 0 Å². The van der Waals surface area contributed by atoms with Crippen molar-refractivity contribution in [3.05, 3.63) is 0 Å². The molecule has 0 atom stereocenters. The van der Waals surface area contributed by atoms with E-state index in [9.17, 15) is 0 Å². The standard InChI is InChI=1S/C8H20N2O/c1-8(2,7-11-3)10-6-4-5-9/h10H,4-7,9H2,1-3H3. The Balaban J connectivity index is 3.38. The minimum absolute atomic E-state index is 0.0733. The molecular weight excluding hydrogens is 140 g/mol. The zero-order chi connectivity index (χ0) is 8.74. The second-order valence-corrected chi connectivity index (χ2v) is 3.39. The highest BCUT2D eigenvalue weighted by molar-refractivity contribution is 4.76. The van der Waals surface area contributed by atoms with Crippen molar-refractivity contribution in [1.82, 2.24) is 5.32 Å². The quantitative estimate of drug-likeness (QED) is 0.551. The van der Waals surface area contributed by atoms with E-state index in [0.717, 1.165) is 26.1 Å². The van der Waals surface area contributed by atoms with Crippen molar-refractivity contribution in [1.29, 1.82) is 0 Å². The van der Waals surface area contributed by atoms with Crippen LogP contribution in [0.4, 0.5) is 0 Å². The Morgan fingerprint density at radius 2 is 2.09 bits per heavy atom. The normalized spacial score (nSPS) is 12.0. The fraction of sp³-hybridized carbons (Fsp3) is 1.00. The topological polar surface area (TPSA) is 47.3 Å². The zero-order valence-electron chi connectivity index (χ0n) is 7.81. The maximum atomic E-state index is 5.36. The van der Waals surface area contributed by atoms with Crippen molar-refractivity contribution < 1.29 is 4.74 Å². The molecule has 0 heterocycles. The van der Waals surface area contributed by atoms with Gasteiger partial charge in [0.25, 0.3) is 0 Å². The van der Waals surface area contributed by atoms with Gasteiger partial charge in [0, 0.05) is 12.6 Å². The van der Waals surface area contributed by atoms with E-state index in [0.29, 0.717) is 0 Å². The Morgan fingerprint density at radius 3 is 2.55 bits per heavy atom. The third-order valence-corrected chi connectivity index (χ3v) is 1.49. The average Bonchev–Trinajstić information content (AvgIpc) is 1.87. The van der Waals surface area contributed by atoms with Crippen LogP contribution in [0.25, 0.3) is 0 Å². The first-order valence-electron chi connectivity index (χ1n) is 4.06. The van der Waals surface area contributed by atoms with Crippen molar-refractivity contribution in [2.24, 2.45) is 5.73 Å². The summed E-state index contributed by atoms with van der Waals surface area (Å²) in [6, 6.07) is 0. The second kappa shape index (κ2) is 5.52. The van der Waals surface area contributed by atoms with Crippen LogP contribution < -0.4 is 11.1 Å². The largest absolute Gasteiger partial charge is 0.383 e. The maximum Gasteiger partial charge on any atom is 0.0639 e. The predicted octanol–water partition coefficient (Wildman–Crippen LogP) is 0.350. The van der Waals surface area contributed by atoms with Gasteiger partial charge in [0.15, 0.2) is 0 Å². The van der Waals surface area contributed by atoms with Crippen molar-refractivity contribution in [3.8, 4) is 0 Å². The zero-order valence-corrected chi connectivity index (χ0v) is 7.81. The van der Waals surface area contributed by atoms with Gasteiger partial charge in [-0.1, -0.05) is 0 Å². The first-order valence-corrected chi connectivity index (χ1v) is 4.06. The molecule has 0 aliphatic rings. The first kappa shape index (κ1) is 10.9. The van der Waals surface area contributed by atoms with E-state index in [1.165, 1.54) is 0 Å². The highest BCUT2D eigenvalue weighted by atomic mass is 16.5. The van der Waals surface area contributed by atoms with Gasteiger partial charge in [0.05, 0.1) is 6.61 Å². The average molecular weight is 160 g/mol. The molecule has 0 unspecified atom stereocenters. The Hall–Kier alpha value is -0.120. The lowest BCUT2D eigenvalue weighted by Crippen LogP contribution is -2.44. The van der Waals surface area contributed by atoms with E-state index in [2.05, 4.69) is 19.2 Å². The van der Waals surface area contributed by atoms with Gasteiger partial charge < -0.3 is 15.8 Å². The molecule has 0 spiro atoms. The third kappa shape index (κ3) is 6.28. The fourth-order valence-corrected chi connectivity index (χ4v) is 0.941. The molecule has 0 saturated carbocycles. The Bertz CT molecular complexity index is 94.1. The van der Waals surface area contributed by atoms with Crippen molar-refractivity contribution >= 4 is 0 Å². The van der Waals surface area contributed by atoms with Crippen molar-refractivity contribution in [3.63, 3.8) is 0 Å². The summed E-state index contributed by atoms with van der Waals surface area (Å²) in [7, 11) is 1.71. The number of hydrogen-bond acceptors (Lipinski definition) is 3. The van der Waals surface area contributed by atoms with Gasteiger partial charge in [0.1, 0.15) is 0 Å². The first-order chi connectivity index (χ1) is 5.12. The molecule has 11 heavy (non-hydrogen) atoms. The monoisotopic (exact) mass is 160 g/mol. The van der Waals surface area contributed by atoms with E-state index in [1.54, 1.807) is 7.11 Å². The summed E-state index contributed by atoms with van der Waals surface area (Å²) in [4.78, 5) is 0. The molecule has 0 saturated heterocycles. The number of nitrogens with two attached hydrogens (primary N) is 1. The highest BCUT2D eigenvalue weighted by Crippen LogP contribution is 2.00. The van der Waals surface area contributed by atoms with Gasteiger partial charge in [-0.25, -0.2) is 0 Å². The van der Waals surface area contributed by atoms with E-state index in [-0.39, 0.29) is 5.54 Å². The summed E-state index contributed by atoms with van der Waals surface area (Å²) in [6.07, 6.45) is 1.02. The molecule has 3 nitrogen and oxygen atoms in total. The van der Waals surface area contributed by atoms with Crippen LogP contribution in [0.3, 0.4) is 0 Å². The molecule has 0 aliphatic carbocycles. The molecule has 0 aliphatic heterocycles. The van der Waals surface area contributed by atoms with Gasteiger partial charge >= 0.3 is 0 Å².